The normalized spacial score (nSPS) is 33.6. The molecular formula is C16H28N2O3. The van der Waals surface area contributed by atoms with E-state index in [1.165, 1.54) is 0 Å². The standard InChI is InChI=1S/C16H28N2O3/c1-12-6-8-13(9-7-12)17(3)15(21)18-11-5-4-10-16(18,2)14(19)20/h12-13H,4-11H2,1-3H3,(H,19,20). The van der Waals surface area contributed by atoms with Crippen LogP contribution in [0.15, 0.2) is 0 Å². The van der Waals surface area contributed by atoms with Crippen LogP contribution >= 0.6 is 0 Å². The van der Waals surface area contributed by atoms with E-state index < -0.39 is 11.5 Å². The summed E-state index contributed by atoms with van der Waals surface area (Å²) in [6, 6.07) is 0.146. The van der Waals surface area contributed by atoms with Gasteiger partial charge in [0.15, 0.2) is 0 Å². The summed E-state index contributed by atoms with van der Waals surface area (Å²) in [6.45, 7) is 4.49. The zero-order chi connectivity index (χ0) is 15.6. The van der Waals surface area contributed by atoms with E-state index in [-0.39, 0.29) is 12.1 Å². The van der Waals surface area contributed by atoms with Gasteiger partial charge in [-0.2, -0.15) is 0 Å². The lowest BCUT2D eigenvalue weighted by Crippen LogP contribution is -2.61. The molecule has 1 aliphatic carbocycles. The summed E-state index contributed by atoms with van der Waals surface area (Å²) in [7, 11) is 1.83. The van der Waals surface area contributed by atoms with Gasteiger partial charge in [-0.25, -0.2) is 9.59 Å². The Morgan fingerprint density at radius 2 is 1.81 bits per heavy atom. The molecule has 1 atom stereocenters. The second-order valence-electron chi connectivity index (χ2n) is 6.99. The maximum Gasteiger partial charge on any atom is 0.329 e. The molecule has 5 heteroatoms. The highest BCUT2D eigenvalue weighted by molar-refractivity contribution is 5.86. The molecule has 2 rings (SSSR count). The third-order valence-electron chi connectivity index (χ3n) is 5.42. The number of hydrogen-bond acceptors (Lipinski definition) is 2. The monoisotopic (exact) mass is 296 g/mol. The molecule has 0 spiro atoms. The van der Waals surface area contributed by atoms with Gasteiger partial charge in [0, 0.05) is 19.6 Å². The van der Waals surface area contributed by atoms with Gasteiger partial charge in [0.25, 0.3) is 0 Å². The van der Waals surface area contributed by atoms with E-state index >= 15 is 0 Å². The summed E-state index contributed by atoms with van der Waals surface area (Å²) in [5.41, 5.74) is -1.05. The second kappa shape index (κ2) is 6.24. The average Bonchev–Trinajstić information content (AvgIpc) is 2.47. The molecular weight excluding hydrogens is 268 g/mol. The molecule has 1 saturated carbocycles. The minimum Gasteiger partial charge on any atom is -0.480 e. The van der Waals surface area contributed by atoms with Gasteiger partial charge in [-0.05, 0) is 57.8 Å². The van der Waals surface area contributed by atoms with Crippen molar-refractivity contribution in [2.45, 2.75) is 70.4 Å². The van der Waals surface area contributed by atoms with Crippen LogP contribution in [0.1, 0.15) is 58.8 Å². The number of carbonyl (C=O) groups is 2. The molecule has 1 aliphatic heterocycles. The fourth-order valence-corrected chi connectivity index (χ4v) is 3.63. The Labute approximate surface area is 127 Å². The molecule has 0 aromatic carbocycles. The van der Waals surface area contributed by atoms with Crippen molar-refractivity contribution >= 4 is 12.0 Å². The van der Waals surface area contributed by atoms with Crippen molar-refractivity contribution in [3.05, 3.63) is 0 Å². The minimum atomic E-state index is -1.05. The number of nitrogens with zero attached hydrogens (tertiary/aromatic N) is 2. The molecule has 2 aliphatic rings. The summed E-state index contributed by atoms with van der Waals surface area (Å²) < 4.78 is 0. The van der Waals surface area contributed by atoms with Gasteiger partial charge in [0.2, 0.25) is 0 Å². The number of carboxylic acids is 1. The number of aliphatic carboxylic acids is 1. The maximum absolute atomic E-state index is 12.8. The second-order valence-corrected chi connectivity index (χ2v) is 6.99. The third-order valence-corrected chi connectivity index (χ3v) is 5.42. The number of carboxylic acid groups (broad SMARTS) is 1. The Morgan fingerprint density at radius 3 is 2.38 bits per heavy atom. The van der Waals surface area contributed by atoms with Crippen LogP contribution < -0.4 is 0 Å². The molecule has 1 unspecified atom stereocenters. The Kier molecular flexibility index (Phi) is 4.79. The highest BCUT2D eigenvalue weighted by Gasteiger charge is 2.45. The van der Waals surface area contributed by atoms with Gasteiger partial charge in [-0.3, -0.25) is 0 Å². The highest BCUT2D eigenvalue weighted by Crippen LogP contribution is 2.32. The van der Waals surface area contributed by atoms with Crippen molar-refractivity contribution in [3.63, 3.8) is 0 Å². The molecule has 2 amide bonds. The summed E-state index contributed by atoms with van der Waals surface area (Å²) in [4.78, 5) is 27.8. The van der Waals surface area contributed by atoms with Gasteiger partial charge in [-0.15, -0.1) is 0 Å². The van der Waals surface area contributed by atoms with Crippen LogP contribution in [-0.4, -0.2) is 52.1 Å². The number of piperidine rings is 1. The molecule has 1 N–H and O–H groups in total. The summed E-state index contributed by atoms with van der Waals surface area (Å²) in [5, 5.41) is 9.53. The summed E-state index contributed by atoms with van der Waals surface area (Å²) in [6.07, 6.45) is 6.67. The molecule has 0 aromatic rings. The van der Waals surface area contributed by atoms with Crippen LogP contribution in [-0.2, 0) is 4.79 Å². The molecule has 21 heavy (non-hydrogen) atoms. The maximum atomic E-state index is 12.8. The summed E-state index contributed by atoms with van der Waals surface area (Å²) in [5.74, 6) is -0.148. The lowest BCUT2D eigenvalue weighted by molar-refractivity contribution is -0.150. The molecule has 2 fully saturated rings. The molecule has 0 bridgehead atoms. The molecule has 120 valence electrons. The van der Waals surface area contributed by atoms with Crippen molar-refractivity contribution in [1.29, 1.82) is 0 Å². The first-order valence-electron chi connectivity index (χ1n) is 8.14. The van der Waals surface area contributed by atoms with E-state index in [9.17, 15) is 14.7 Å². The Bertz CT molecular complexity index is 404. The van der Waals surface area contributed by atoms with Gasteiger partial charge in [0.1, 0.15) is 5.54 Å². The number of likely N-dealkylation sites (tertiary alicyclic amines) is 1. The van der Waals surface area contributed by atoms with Crippen LogP contribution in [0.5, 0.6) is 0 Å². The number of hydrogen-bond donors (Lipinski definition) is 1. The highest BCUT2D eigenvalue weighted by atomic mass is 16.4. The van der Waals surface area contributed by atoms with Gasteiger partial charge in [0.05, 0.1) is 0 Å². The van der Waals surface area contributed by atoms with E-state index in [0.29, 0.717) is 13.0 Å². The van der Waals surface area contributed by atoms with E-state index in [1.54, 1.807) is 16.7 Å². The van der Waals surface area contributed by atoms with E-state index in [2.05, 4.69) is 6.92 Å². The predicted octanol–water partition coefficient (Wildman–Crippen LogP) is 2.95. The first-order chi connectivity index (χ1) is 9.86. The predicted molar refractivity (Wildman–Crippen MR) is 81.2 cm³/mol. The number of amides is 2. The number of carbonyl (C=O) groups excluding carboxylic acids is 1. The fraction of sp³-hybridized carbons (Fsp3) is 0.875. The SMILES string of the molecule is CC1CCC(N(C)C(=O)N2CCCCC2(C)C(=O)O)CC1. The van der Waals surface area contributed by atoms with E-state index in [4.69, 9.17) is 0 Å². The average molecular weight is 296 g/mol. The smallest absolute Gasteiger partial charge is 0.329 e. The lowest BCUT2D eigenvalue weighted by Gasteiger charge is -2.45. The van der Waals surface area contributed by atoms with Gasteiger partial charge < -0.3 is 14.9 Å². The molecule has 1 heterocycles. The van der Waals surface area contributed by atoms with Crippen LogP contribution in [0.3, 0.4) is 0 Å². The van der Waals surface area contributed by atoms with E-state index in [0.717, 1.165) is 44.4 Å². The van der Waals surface area contributed by atoms with Crippen molar-refractivity contribution in [1.82, 2.24) is 9.80 Å². The molecule has 0 radical (unpaired) electrons. The zero-order valence-corrected chi connectivity index (χ0v) is 13.5. The first kappa shape index (κ1) is 16.1. The number of urea groups is 1. The van der Waals surface area contributed by atoms with Crippen molar-refractivity contribution in [3.8, 4) is 0 Å². The Hall–Kier alpha value is -1.26. The number of rotatable bonds is 2. The molecule has 5 nitrogen and oxygen atoms in total. The van der Waals surface area contributed by atoms with Crippen molar-refractivity contribution < 1.29 is 14.7 Å². The minimum absolute atomic E-state index is 0.112. The Balaban J connectivity index is 2.08. The van der Waals surface area contributed by atoms with Crippen LogP contribution in [0.4, 0.5) is 4.79 Å². The summed E-state index contributed by atoms with van der Waals surface area (Å²) >= 11 is 0. The third kappa shape index (κ3) is 3.16. The largest absolute Gasteiger partial charge is 0.480 e. The van der Waals surface area contributed by atoms with Crippen LogP contribution in [0.25, 0.3) is 0 Å². The zero-order valence-electron chi connectivity index (χ0n) is 13.5. The van der Waals surface area contributed by atoms with E-state index in [1.807, 2.05) is 7.05 Å². The molecule has 1 saturated heterocycles. The fourth-order valence-electron chi connectivity index (χ4n) is 3.63. The first-order valence-corrected chi connectivity index (χ1v) is 8.14. The quantitative estimate of drug-likeness (QED) is 0.852. The van der Waals surface area contributed by atoms with Gasteiger partial charge >= 0.3 is 12.0 Å². The topological polar surface area (TPSA) is 60.9 Å². The van der Waals surface area contributed by atoms with Crippen molar-refractivity contribution in [2.75, 3.05) is 13.6 Å². The molecule has 0 aromatic heterocycles. The lowest BCUT2D eigenvalue weighted by atomic mass is 9.86. The van der Waals surface area contributed by atoms with Crippen LogP contribution in [0, 0.1) is 5.92 Å². The Morgan fingerprint density at radius 1 is 1.19 bits per heavy atom. The van der Waals surface area contributed by atoms with Crippen molar-refractivity contribution in [2.24, 2.45) is 5.92 Å². The van der Waals surface area contributed by atoms with Gasteiger partial charge in [-0.1, -0.05) is 6.92 Å². The van der Waals surface area contributed by atoms with Crippen LogP contribution in [0.2, 0.25) is 0 Å².